The Kier molecular flexibility index (Phi) is 6.03. The van der Waals surface area contributed by atoms with Crippen molar-refractivity contribution in [1.29, 1.82) is 0 Å². The molecule has 0 atom stereocenters. The Morgan fingerprint density at radius 1 is 1.23 bits per heavy atom. The summed E-state index contributed by atoms with van der Waals surface area (Å²) in [5.74, 6) is 0.678. The van der Waals surface area contributed by atoms with E-state index in [9.17, 15) is 4.79 Å². The van der Waals surface area contributed by atoms with Gasteiger partial charge in [-0.1, -0.05) is 13.8 Å². The summed E-state index contributed by atoms with van der Waals surface area (Å²) in [5, 5.41) is 12.0. The van der Waals surface area contributed by atoms with Crippen LogP contribution in [-0.2, 0) is 11.2 Å². The number of H-pyrrole nitrogens is 1. The first-order valence-corrected chi connectivity index (χ1v) is 10.8. The molecule has 0 radical (unpaired) electrons. The second-order valence-electron chi connectivity index (χ2n) is 7.89. The zero-order valence-corrected chi connectivity index (χ0v) is 17.9. The van der Waals surface area contributed by atoms with Crippen LogP contribution in [0.5, 0.6) is 0 Å². The monoisotopic (exact) mass is 407 g/mol. The number of hydrogen-bond donors (Lipinski definition) is 2. The van der Waals surface area contributed by atoms with Crippen LogP contribution >= 0.6 is 0 Å². The molecule has 30 heavy (non-hydrogen) atoms. The fraction of sp³-hybridized carbons (Fsp3) is 0.500. The van der Waals surface area contributed by atoms with Crippen molar-refractivity contribution in [2.45, 2.75) is 52.4 Å². The van der Waals surface area contributed by atoms with E-state index in [1.54, 1.807) is 6.20 Å². The molecule has 1 fully saturated rings. The van der Waals surface area contributed by atoms with Gasteiger partial charge in [-0.15, -0.1) is 5.10 Å². The summed E-state index contributed by atoms with van der Waals surface area (Å²) in [7, 11) is 0. The number of aromatic nitrogens is 4. The molecular weight excluding hydrogens is 378 g/mol. The highest BCUT2D eigenvalue weighted by Crippen LogP contribution is 2.45. The highest BCUT2D eigenvalue weighted by atomic mass is 16.2. The molecule has 2 aliphatic rings. The van der Waals surface area contributed by atoms with Crippen LogP contribution in [0.3, 0.4) is 0 Å². The van der Waals surface area contributed by atoms with Crippen molar-refractivity contribution < 1.29 is 4.79 Å². The van der Waals surface area contributed by atoms with E-state index < -0.39 is 0 Å². The molecule has 8 nitrogen and oxygen atoms in total. The maximum atomic E-state index is 12.5. The third kappa shape index (κ3) is 4.18. The third-order valence-corrected chi connectivity index (χ3v) is 5.92. The highest BCUT2D eigenvalue weighted by molar-refractivity contribution is 6.32. The van der Waals surface area contributed by atoms with Gasteiger partial charge in [0, 0.05) is 17.6 Å². The topological polar surface area (TPSA) is 99.2 Å². The summed E-state index contributed by atoms with van der Waals surface area (Å²) in [6.45, 7) is 9.84. The number of aryl methyl sites for hydroxylation is 1. The van der Waals surface area contributed by atoms with E-state index in [0.29, 0.717) is 23.0 Å². The number of hydrazone groups is 1. The fourth-order valence-electron chi connectivity index (χ4n) is 4.14. The van der Waals surface area contributed by atoms with Crippen LogP contribution in [0.1, 0.15) is 67.4 Å². The molecule has 1 amide bonds. The number of rotatable bonds is 9. The van der Waals surface area contributed by atoms with Gasteiger partial charge in [-0.2, -0.15) is 10.2 Å². The maximum Gasteiger partial charge on any atom is 0.273 e. The number of aromatic amines is 1. The first-order chi connectivity index (χ1) is 14.6. The van der Waals surface area contributed by atoms with Crippen molar-refractivity contribution >= 4 is 17.7 Å². The molecule has 8 heteroatoms. The lowest BCUT2D eigenvalue weighted by atomic mass is 9.98. The van der Waals surface area contributed by atoms with Gasteiger partial charge >= 0.3 is 0 Å². The van der Waals surface area contributed by atoms with E-state index in [2.05, 4.69) is 56.4 Å². The van der Waals surface area contributed by atoms with Crippen LogP contribution in [0, 0.1) is 6.92 Å². The van der Waals surface area contributed by atoms with E-state index in [-0.39, 0.29) is 5.91 Å². The number of amides is 1. The van der Waals surface area contributed by atoms with Crippen molar-refractivity contribution in [3.63, 3.8) is 0 Å². The normalized spacial score (nSPS) is 17.7. The van der Waals surface area contributed by atoms with Crippen molar-refractivity contribution in [3.8, 4) is 0 Å². The first-order valence-electron chi connectivity index (χ1n) is 10.8. The second kappa shape index (κ2) is 8.87. The molecule has 0 saturated heterocycles. The molecule has 2 aromatic rings. The maximum absolute atomic E-state index is 12.5. The Bertz CT molecular complexity index is 969. The van der Waals surface area contributed by atoms with Gasteiger partial charge in [-0.3, -0.25) is 4.79 Å². The van der Waals surface area contributed by atoms with Crippen molar-refractivity contribution in [3.05, 3.63) is 46.3 Å². The quantitative estimate of drug-likeness (QED) is 0.623. The van der Waals surface area contributed by atoms with Crippen LogP contribution in [-0.4, -0.2) is 56.3 Å². The van der Waals surface area contributed by atoms with Crippen molar-refractivity contribution in [1.82, 2.24) is 30.5 Å². The lowest BCUT2D eigenvalue weighted by Crippen LogP contribution is -2.24. The van der Waals surface area contributed by atoms with Crippen molar-refractivity contribution in [2.75, 3.05) is 19.6 Å². The standard InChI is InChI=1S/C22H29N7O/c1-4-29(5-2)12-6-7-16-14(3)25-18(19(16)15-8-9-15)13-17-20(26-28-22(17)30)21-23-10-11-24-27-21/h10-11,13,15,25H,4-9,12H2,1-3H3,(H,28,30). The van der Waals surface area contributed by atoms with Crippen LogP contribution in [0.25, 0.3) is 6.08 Å². The Hall–Kier alpha value is -2.87. The van der Waals surface area contributed by atoms with Gasteiger partial charge in [0.05, 0.1) is 11.8 Å². The first kappa shape index (κ1) is 20.4. The predicted molar refractivity (Wildman–Crippen MR) is 116 cm³/mol. The number of carbonyl (C=O) groups excluding carboxylic acids is 1. The van der Waals surface area contributed by atoms with Gasteiger partial charge in [0.15, 0.2) is 0 Å². The smallest absolute Gasteiger partial charge is 0.273 e. The summed E-state index contributed by atoms with van der Waals surface area (Å²) < 4.78 is 0. The molecule has 2 N–H and O–H groups in total. The zero-order chi connectivity index (χ0) is 21.1. The summed E-state index contributed by atoms with van der Waals surface area (Å²) in [4.78, 5) is 22.7. The van der Waals surface area contributed by atoms with Crippen LogP contribution in [0.2, 0.25) is 0 Å². The van der Waals surface area contributed by atoms with E-state index in [4.69, 9.17) is 0 Å². The van der Waals surface area contributed by atoms with E-state index in [1.165, 1.54) is 35.9 Å². The molecule has 0 spiro atoms. The Balaban J connectivity index is 1.63. The van der Waals surface area contributed by atoms with E-state index in [0.717, 1.165) is 38.2 Å². The fourth-order valence-corrected chi connectivity index (χ4v) is 4.14. The van der Waals surface area contributed by atoms with Crippen LogP contribution in [0.15, 0.2) is 23.1 Å². The number of nitrogens with one attached hydrogen (secondary N) is 2. The van der Waals surface area contributed by atoms with Gasteiger partial charge in [-0.05, 0) is 75.4 Å². The Morgan fingerprint density at radius 2 is 2.03 bits per heavy atom. The average molecular weight is 408 g/mol. The molecule has 1 saturated carbocycles. The van der Waals surface area contributed by atoms with Crippen LogP contribution < -0.4 is 5.43 Å². The van der Waals surface area contributed by atoms with Gasteiger partial charge in [0.2, 0.25) is 5.82 Å². The average Bonchev–Trinajstić information content (AvgIpc) is 3.47. The van der Waals surface area contributed by atoms with Gasteiger partial charge < -0.3 is 9.88 Å². The summed E-state index contributed by atoms with van der Waals surface area (Å²) in [5.41, 5.74) is 8.42. The van der Waals surface area contributed by atoms with Crippen LogP contribution in [0.4, 0.5) is 0 Å². The van der Waals surface area contributed by atoms with Gasteiger partial charge in [0.1, 0.15) is 5.71 Å². The minimum absolute atomic E-state index is 0.241. The van der Waals surface area contributed by atoms with E-state index in [1.807, 2.05) is 6.08 Å². The SMILES string of the molecule is CCN(CC)CCCc1c(C)[nH]c(C=C2C(=O)NN=C2c2nccnn2)c1C1CC1. The molecule has 2 aromatic heterocycles. The molecule has 0 bridgehead atoms. The molecule has 0 unspecified atom stereocenters. The molecule has 158 valence electrons. The molecule has 3 heterocycles. The third-order valence-electron chi connectivity index (χ3n) is 5.92. The summed E-state index contributed by atoms with van der Waals surface area (Å²) >= 11 is 0. The lowest BCUT2D eigenvalue weighted by molar-refractivity contribution is -0.116. The van der Waals surface area contributed by atoms with Gasteiger partial charge in [-0.25, -0.2) is 10.4 Å². The second-order valence-corrected chi connectivity index (χ2v) is 7.89. The highest BCUT2D eigenvalue weighted by Gasteiger charge is 2.32. The molecule has 1 aliphatic carbocycles. The number of hydrogen-bond acceptors (Lipinski definition) is 6. The van der Waals surface area contributed by atoms with Crippen molar-refractivity contribution in [2.24, 2.45) is 5.10 Å². The minimum atomic E-state index is -0.241. The Labute approximate surface area is 176 Å². The zero-order valence-electron chi connectivity index (χ0n) is 17.9. The lowest BCUT2D eigenvalue weighted by Gasteiger charge is -2.17. The Morgan fingerprint density at radius 3 is 2.70 bits per heavy atom. The number of nitrogens with zero attached hydrogens (tertiary/aromatic N) is 5. The van der Waals surface area contributed by atoms with Gasteiger partial charge in [0.25, 0.3) is 5.91 Å². The molecule has 1 aliphatic heterocycles. The van der Waals surface area contributed by atoms with E-state index >= 15 is 0 Å². The molecular formula is C22H29N7O. The number of carbonyl (C=O) groups is 1. The predicted octanol–water partition coefficient (Wildman–Crippen LogP) is 2.58. The summed E-state index contributed by atoms with van der Waals surface area (Å²) in [6.07, 6.45) is 9.55. The minimum Gasteiger partial charge on any atom is -0.359 e. The molecule has 0 aromatic carbocycles. The molecule has 4 rings (SSSR count). The summed E-state index contributed by atoms with van der Waals surface area (Å²) in [6, 6.07) is 0. The largest absolute Gasteiger partial charge is 0.359 e.